The van der Waals surface area contributed by atoms with Crippen molar-refractivity contribution >= 4 is 5.78 Å². The monoisotopic (exact) mass is 225 g/mol. The minimum absolute atomic E-state index is 0.235. The van der Waals surface area contributed by atoms with Crippen LogP contribution < -0.4 is 5.73 Å². The number of carbonyl (C=O) groups excluding carboxylic acids is 1. The second kappa shape index (κ2) is 6.39. The Labute approximate surface area is 100.0 Å². The molecule has 2 nitrogen and oxygen atoms in total. The molecule has 0 aliphatic heterocycles. The van der Waals surface area contributed by atoms with Gasteiger partial charge in [0.25, 0.3) is 0 Å². The molecule has 0 unspecified atom stereocenters. The molecule has 0 saturated heterocycles. The normalized spacial score (nSPS) is 18.7. The van der Waals surface area contributed by atoms with Crippen molar-refractivity contribution in [3.63, 3.8) is 0 Å². The SMILES string of the molecule is CC(C)(CCN)CCC(=O)C1CCCCC1. The molecule has 0 amide bonds. The quantitative estimate of drug-likeness (QED) is 0.753. The summed E-state index contributed by atoms with van der Waals surface area (Å²) in [6, 6.07) is 0. The summed E-state index contributed by atoms with van der Waals surface area (Å²) < 4.78 is 0. The second-order valence-electron chi connectivity index (χ2n) is 6.00. The van der Waals surface area contributed by atoms with Crippen LogP contribution in [0.25, 0.3) is 0 Å². The zero-order valence-electron chi connectivity index (χ0n) is 10.9. The lowest BCUT2D eigenvalue weighted by atomic mass is 9.79. The molecule has 1 fully saturated rings. The molecule has 94 valence electrons. The third-order valence-electron chi connectivity index (χ3n) is 3.93. The first-order chi connectivity index (χ1) is 7.55. The average Bonchev–Trinajstić information content (AvgIpc) is 2.27. The van der Waals surface area contributed by atoms with E-state index >= 15 is 0 Å². The Hall–Kier alpha value is -0.370. The first-order valence-electron chi connectivity index (χ1n) is 6.78. The molecule has 1 saturated carbocycles. The largest absolute Gasteiger partial charge is 0.330 e. The summed E-state index contributed by atoms with van der Waals surface area (Å²) in [6.07, 6.45) is 8.88. The molecule has 0 spiro atoms. The lowest BCUT2D eigenvalue weighted by molar-refractivity contribution is -0.124. The Morgan fingerprint density at radius 2 is 1.81 bits per heavy atom. The van der Waals surface area contributed by atoms with Gasteiger partial charge in [-0.3, -0.25) is 4.79 Å². The maximum atomic E-state index is 12.0. The highest BCUT2D eigenvalue weighted by atomic mass is 16.1. The third-order valence-corrected chi connectivity index (χ3v) is 3.93. The highest BCUT2D eigenvalue weighted by molar-refractivity contribution is 5.81. The van der Waals surface area contributed by atoms with Crippen molar-refractivity contribution in [2.24, 2.45) is 17.1 Å². The van der Waals surface area contributed by atoms with Crippen molar-refractivity contribution in [2.75, 3.05) is 6.54 Å². The smallest absolute Gasteiger partial charge is 0.135 e. The highest BCUT2D eigenvalue weighted by Gasteiger charge is 2.24. The Morgan fingerprint density at radius 1 is 1.19 bits per heavy atom. The van der Waals surface area contributed by atoms with Gasteiger partial charge in [0, 0.05) is 12.3 Å². The van der Waals surface area contributed by atoms with E-state index < -0.39 is 0 Å². The van der Waals surface area contributed by atoms with Crippen LogP contribution in [0.5, 0.6) is 0 Å². The molecule has 0 radical (unpaired) electrons. The number of rotatable bonds is 6. The summed E-state index contributed by atoms with van der Waals surface area (Å²) in [5, 5.41) is 0. The summed E-state index contributed by atoms with van der Waals surface area (Å²) in [7, 11) is 0. The van der Waals surface area contributed by atoms with Crippen molar-refractivity contribution in [2.45, 2.75) is 65.2 Å². The van der Waals surface area contributed by atoms with Crippen LogP contribution in [0, 0.1) is 11.3 Å². The van der Waals surface area contributed by atoms with Crippen molar-refractivity contribution in [1.82, 2.24) is 0 Å². The molecular formula is C14H27NO. The molecule has 1 aliphatic carbocycles. The minimum Gasteiger partial charge on any atom is -0.330 e. The molecule has 0 aromatic heterocycles. The highest BCUT2D eigenvalue weighted by Crippen LogP contribution is 2.30. The number of nitrogens with two attached hydrogens (primary N) is 1. The van der Waals surface area contributed by atoms with Gasteiger partial charge in [-0.1, -0.05) is 33.1 Å². The van der Waals surface area contributed by atoms with Gasteiger partial charge in [0.15, 0.2) is 0 Å². The van der Waals surface area contributed by atoms with Crippen LogP contribution in [-0.4, -0.2) is 12.3 Å². The number of ketones is 1. The van der Waals surface area contributed by atoms with Gasteiger partial charge in [-0.25, -0.2) is 0 Å². The second-order valence-corrected chi connectivity index (χ2v) is 6.00. The van der Waals surface area contributed by atoms with Crippen LogP contribution in [0.3, 0.4) is 0 Å². The molecule has 2 heteroatoms. The molecule has 1 rings (SSSR count). The average molecular weight is 225 g/mol. The van der Waals surface area contributed by atoms with Crippen molar-refractivity contribution in [1.29, 1.82) is 0 Å². The van der Waals surface area contributed by atoms with Crippen LogP contribution >= 0.6 is 0 Å². The van der Waals surface area contributed by atoms with Crippen LogP contribution in [0.15, 0.2) is 0 Å². The summed E-state index contributed by atoms with van der Waals surface area (Å²) in [6.45, 7) is 5.16. The van der Waals surface area contributed by atoms with E-state index in [0.717, 1.165) is 38.6 Å². The molecule has 16 heavy (non-hydrogen) atoms. The fraction of sp³-hybridized carbons (Fsp3) is 0.929. The molecule has 0 aromatic carbocycles. The first kappa shape index (κ1) is 13.7. The third kappa shape index (κ3) is 4.65. The number of hydrogen-bond donors (Lipinski definition) is 1. The summed E-state index contributed by atoms with van der Waals surface area (Å²) in [5.74, 6) is 0.882. The zero-order chi connectivity index (χ0) is 12.0. The number of Topliss-reactive ketones (excluding diaryl/α,β-unsaturated/α-hetero) is 1. The Bertz CT molecular complexity index is 217. The number of carbonyl (C=O) groups is 1. The predicted molar refractivity (Wildman–Crippen MR) is 68.3 cm³/mol. The van der Waals surface area contributed by atoms with E-state index in [-0.39, 0.29) is 5.41 Å². The van der Waals surface area contributed by atoms with Crippen molar-refractivity contribution in [3.05, 3.63) is 0 Å². The maximum Gasteiger partial charge on any atom is 0.135 e. The van der Waals surface area contributed by atoms with E-state index in [1.807, 2.05) is 0 Å². The zero-order valence-corrected chi connectivity index (χ0v) is 10.9. The van der Waals surface area contributed by atoms with Gasteiger partial charge in [0.1, 0.15) is 5.78 Å². The topological polar surface area (TPSA) is 43.1 Å². The van der Waals surface area contributed by atoms with Crippen LogP contribution in [0.1, 0.15) is 65.2 Å². The Kier molecular flexibility index (Phi) is 5.47. The standard InChI is InChI=1S/C14H27NO/c1-14(2,10-11-15)9-8-13(16)12-6-4-3-5-7-12/h12H,3-11,15H2,1-2H3. The van der Waals surface area contributed by atoms with Gasteiger partial charge in [-0.2, -0.15) is 0 Å². The lowest BCUT2D eigenvalue weighted by Gasteiger charge is -2.25. The van der Waals surface area contributed by atoms with Crippen molar-refractivity contribution in [3.8, 4) is 0 Å². The molecule has 0 bridgehead atoms. The number of hydrogen-bond acceptors (Lipinski definition) is 2. The van der Waals surface area contributed by atoms with E-state index in [0.29, 0.717) is 11.7 Å². The fourth-order valence-corrected chi connectivity index (χ4v) is 2.61. The van der Waals surface area contributed by atoms with Crippen LogP contribution in [-0.2, 0) is 4.79 Å². The Balaban J connectivity index is 2.28. The van der Waals surface area contributed by atoms with Gasteiger partial charge in [-0.15, -0.1) is 0 Å². The summed E-state index contributed by atoms with van der Waals surface area (Å²) in [4.78, 5) is 12.0. The van der Waals surface area contributed by atoms with Gasteiger partial charge >= 0.3 is 0 Å². The van der Waals surface area contributed by atoms with Crippen LogP contribution in [0.2, 0.25) is 0 Å². The van der Waals surface area contributed by atoms with Crippen LogP contribution in [0.4, 0.5) is 0 Å². The predicted octanol–water partition coefficient (Wildman–Crippen LogP) is 3.29. The molecular weight excluding hydrogens is 198 g/mol. The van der Waals surface area contributed by atoms with Crippen molar-refractivity contribution < 1.29 is 4.79 Å². The van der Waals surface area contributed by atoms with Gasteiger partial charge in [0.05, 0.1) is 0 Å². The molecule has 0 heterocycles. The molecule has 1 aliphatic rings. The maximum absolute atomic E-state index is 12.0. The van der Waals surface area contributed by atoms with E-state index in [9.17, 15) is 4.79 Å². The summed E-state index contributed by atoms with van der Waals surface area (Å²) in [5.41, 5.74) is 5.81. The summed E-state index contributed by atoms with van der Waals surface area (Å²) >= 11 is 0. The molecule has 2 N–H and O–H groups in total. The van der Waals surface area contributed by atoms with Gasteiger partial charge < -0.3 is 5.73 Å². The van der Waals surface area contributed by atoms with E-state index in [4.69, 9.17) is 5.73 Å². The van der Waals surface area contributed by atoms with E-state index in [1.165, 1.54) is 19.3 Å². The molecule has 0 aromatic rings. The van der Waals surface area contributed by atoms with E-state index in [1.54, 1.807) is 0 Å². The first-order valence-corrected chi connectivity index (χ1v) is 6.78. The fourth-order valence-electron chi connectivity index (χ4n) is 2.61. The Morgan fingerprint density at radius 3 is 2.38 bits per heavy atom. The minimum atomic E-state index is 0.235. The lowest BCUT2D eigenvalue weighted by Crippen LogP contribution is -2.22. The molecule has 0 atom stereocenters. The van der Waals surface area contributed by atoms with Gasteiger partial charge in [0.2, 0.25) is 0 Å². The van der Waals surface area contributed by atoms with Gasteiger partial charge in [-0.05, 0) is 37.6 Å². The van der Waals surface area contributed by atoms with E-state index in [2.05, 4.69) is 13.8 Å².